The van der Waals surface area contributed by atoms with E-state index in [0.29, 0.717) is 38.4 Å². The molecule has 0 atom stereocenters. The van der Waals surface area contributed by atoms with E-state index in [1.807, 2.05) is 44.4 Å². The number of carbonyl (C=O) groups is 2. The fourth-order valence-corrected chi connectivity index (χ4v) is 3.72. The van der Waals surface area contributed by atoms with Crippen molar-refractivity contribution >= 4 is 28.8 Å². The molecule has 3 heterocycles. The first-order valence-corrected chi connectivity index (χ1v) is 9.42. The second-order valence-corrected chi connectivity index (χ2v) is 7.45. The van der Waals surface area contributed by atoms with Gasteiger partial charge in [0.25, 0.3) is 5.91 Å². The zero-order valence-electron chi connectivity index (χ0n) is 16.1. The third-order valence-electron chi connectivity index (χ3n) is 5.44. The Kier molecular flexibility index (Phi) is 4.62. The number of hydrogen-bond donors (Lipinski definition) is 2. The van der Waals surface area contributed by atoms with Gasteiger partial charge in [0.2, 0.25) is 5.96 Å². The Morgan fingerprint density at radius 2 is 2.00 bits per heavy atom. The molecule has 0 bridgehead atoms. The molecule has 1 aromatic heterocycles. The molecule has 1 saturated heterocycles. The van der Waals surface area contributed by atoms with Gasteiger partial charge in [0, 0.05) is 45.3 Å². The minimum absolute atomic E-state index is 0.0699. The second-order valence-electron chi connectivity index (χ2n) is 7.45. The van der Waals surface area contributed by atoms with Crippen LogP contribution in [0.2, 0.25) is 0 Å². The van der Waals surface area contributed by atoms with Crippen LogP contribution in [0.1, 0.15) is 18.4 Å². The average Bonchev–Trinajstić information content (AvgIpc) is 3.03. The number of guanidine groups is 1. The zero-order valence-corrected chi connectivity index (χ0v) is 16.1. The maximum atomic E-state index is 12.6. The number of piperidine rings is 1. The van der Waals surface area contributed by atoms with Gasteiger partial charge in [-0.25, -0.2) is 9.79 Å². The molecule has 1 fully saturated rings. The number of rotatable bonds is 2. The third-order valence-corrected chi connectivity index (χ3v) is 5.44. The van der Waals surface area contributed by atoms with Crippen LogP contribution in [-0.4, -0.2) is 65.4 Å². The van der Waals surface area contributed by atoms with Gasteiger partial charge in [-0.2, -0.15) is 0 Å². The number of nitrogens with zero attached hydrogens (tertiary/aromatic N) is 4. The monoisotopic (exact) mass is 380 g/mol. The summed E-state index contributed by atoms with van der Waals surface area (Å²) >= 11 is 0. The molecule has 0 saturated carbocycles. The number of aliphatic imine (C=N–C) groups is 1. The molecule has 1 spiro atoms. The van der Waals surface area contributed by atoms with E-state index >= 15 is 0 Å². The van der Waals surface area contributed by atoms with E-state index in [9.17, 15) is 9.59 Å². The molecule has 0 radical (unpaired) electrons. The van der Waals surface area contributed by atoms with Crippen LogP contribution in [0.5, 0.6) is 0 Å². The predicted molar refractivity (Wildman–Crippen MR) is 107 cm³/mol. The summed E-state index contributed by atoms with van der Waals surface area (Å²) in [5.74, 6) is 0.520. The number of hydrogen-bond acceptors (Lipinski definition) is 5. The van der Waals surface area contributed by atoms with Gasteiger partial charge in [-0.3, -0.25) is 15.1 Å². The van der Waals surface area contributed by atoms with E-state index in [1.54, 1.807) is 16.0 Å². The highest BCUT2D eigenvalue weighted by atomic mass is 16.2. The van der Waals surface area contributed by atoms with Crippen molar-refractivity contribution in [1.29, 1.82) is 0 Å². The average molecular weight is 380 g/mol. The van der Waals surface area contributed by atoms with Crippen LogP contribution >= 0.6 is 0 Å². The number of para-hydroxylation sites is 1. The van der Waals surface area contributed by atoms with E-state index in [4.69, 9.17) is 0 Å². The molecule has 8 nitrogen and oxygen atoms in total. The normalized spacial score (nSPS) is 18.1. The van der Waals surface area contributed by atoms with Crippen molar-refractivity contribution in [2.75, 3.05) is 27.2 Å². The lowest BCUT2D eigenvalue weighted by Gasteiger charge is -2.35. The van der Waals surface area contributed by atoms with E-state index in [1.165, 1.54) is 0 Å². The molecule has 3 amide bonds. The zero-order chi connectivity index (χ0) is 19.7. The van der Waals surface area contributed by atoms with Gasteiger partial charge in [0.1, 0.15) is 5.54 Å². The first kappa shape index (κ1) is 18.2. The van der Waals surface area contributed by atoms with Gasteiger partial charge in [-0.1, -0.05) is 18.2 Å². The van der Waals surface area contributed by atoms with Gasteiger partial charge in [-0.05, 0) is 30.5 Å². The number of nitrogens with one attached hydrogen (secondary N) is 2. The van der Waals surface area contributed by atoms with Gasteiger partial charge < -0.3 is 15.1 Å². The molecule has 0 unspecified atom stereocenters. The van der Waals surface area contributed by atoms with E-state index in [0.717, 1.165) is 16.5 Å². The molecule has 8 heteroatoms. The summed E-state index contributed by atoms with van der Waals surface area (Å²) < 4.78 is 0. The number of benzene rings is 1. The number of carbonyl (C=O) groups excluding carboxylic acids is 2. The molecule has 1 aromatic carbocycles. The Morgan fingerprint density at radius 1 is 1.25 bits per heavy atom. The maximum Gasteiger partial charge on any atom is 0.317 e. The Hall–Kier alpha value is -3.16. The first-order chi connectivity index (χ1) is 13.5. The molecule has 4 rings (SSSR count). The molecule has 2 aliphatic rings. The Labute approximate surface area is 163 Å². The lowest BCUT2D eigenvalue weighted by molar-refractivity contribution is -0.125. The van der Waals surface area contributed by atoms with Crippen molar-refractivity contribution in [1.82, 2.24) is 25.4 Å². The number of pyridine rings is 1. The molecule has 146 valence electrons. The summed E-state index contributed by atoms with van der Waals surface area (Å²) in [5, 5.41) is 6.86. The number of likely N-dealkylation sites (tertiary alicyclic amines) is 1. The standard InChI is InChI=1S/C20H24N6O2/c1-25(2)18-23-17(27)20(24-18)8-11-26(12-9-20)19(28)22-13-14-7-10-21-16-6-4-3-5-15(14)16/h3-7,10H,8-9,11-13H2,1-2H3,(H,22,28)(H,23,24,27). The summed E-state index contributed by atoms with van der Waals surface area (Å²) in [6, 6.07) is 9.69. The largest absolute Gasteiger partial charge is 0.349 e. The fourth-order valence-electron chi connectivity index (χ4n) is 3.72. The number of urea groups is 1. The Balaban J connectivity index is 1.38. The molecule has 2 N–H and O–H groups in total. The van der Waals surface area contributed by atoms with Crippen LogP contribution in [0.15, 0.2) is 41.5 Å². The molecule has 2 aliphatic heterocycles. The van der Waals surface area contributed by atoms with Crippen molar-refractivity contribution in [2.45, 2.75) is 24.9 Å². The lowest BCUT2D eigenvalue weighted by Crippen LogP contribution is -2.52. The topological polar surface area (TPSA) is 89.9 Å². The fraction of sp³-hybridized carbons (Fsp3) is 0.400. The van der Waals surface area contributed by atoms with Gasteiger partial charge in [0.15, 0.2) is 0 Å². The molecule has 28 heavy (non-hydrogen) atoms. The minimum atomic E-state index is -0.738. The Morgan fingerprint density at radius 3 is 2.71 bits per heavy atom. The summed E-state index contributed by atoms with van der Waals surface area (Å²) in [4.78, 5) is 37.5. The van der Waals surface area contributed by atoms with Gasteiger partial charge in [-0.15, -0.1) is 0 Å². The van der Waals surface area contributed by atoms with Gasteiger partial charge in [0.05, 0.1) is 5.52 Å². The van der Waals surface area contributed by atoms with Crippen molar-refractivity contribution in [2.24, 2.45) is 4.99 Å². The molecular formula is C20H24N6O2. The summed E-state index contributed by atoms with van der Waals surface area (Å²) in [7, 11) is 3.70. The Bertz CT molecular complexity index is 941. The van der Waals surface area contributed by atoms with E-state index < -0.39 is 5.54 Å². The predicted octanol–water partition coefficient (Wildman–Crippen LogP) is 1.33. The van der Waals surface area contributed by atoms with Crippen LogP contribution in [0, 0.1) is 0 Å². The van der Waals surface area contributed by atoms with Crippen LogP contribution < -0.4 is 10.6 Å². The van der Waals surface area contributed by atoms with E-state index in [-0.39, 0.29) is 11.9 Å². The maximum absolute atomic E-state index is 12.6. The van der Waals surface area contributed by atoms with Crippen molar-refractivity contribution in [3.63, 3.8) is 0 Å². The quantitative estimate of drug-likeness (QED) is 0.822. The lowest BCUT2D eigenvalue weighted by atomic mass is 9.88. The van der Waals surface area contributed by atoms with Crippen molar-refractivity contribution < 1.29 is 9.59 Å². The second kappa shape index (κ2) is 7.10. The minimum Gasteiger partial charge on any atom is -0.349 e. The number of aromatic nitrogens is 1. The number of amides is 3. The first-order valence-electron chi connectivity index (χ1n) is 9.42. The van der Waals surface area contributed by atoms with Crippen molar-refractivity contribution in [3.8, 4) is 0 Å². The number of fused-ring (bicyclic) bond motifs is 1. The SMILES string of the molecule is CN(C)C1=NC2(CCN(C(=O)NCc3ccnc4ccccc34)CC2)C(=O)N1. The highest BCUT2D eigenvalue weighted by Gasteiger charge is 2.46. The summed E-state index contributed by atoms with van der Waals surface area (Å²) in [6.07, 6.45) is 2.82. The molecular weight excluding hydrogens is 356 g/mol. The highest BCUT2D eigenvalue weighted by molar-refractivity contribution is 6.07. The third kappa shape index (κ3) is 3.26. The summed E-state index contributed by atoms with van der Waals surface area (Å²) in [6.45, 7) is 1.44. The molecule has 2 aromatic rings. The van der Waals surface area contributed by atoms with Crippen LogP contribution in [0.4, 0.5) is 4.79 Å². The van der Waals surface area contributed by atoms with Crippen LogP contribution in [-0.2, 0) is 11.3 Å². The van der Waals surface area contributed by atoms with Crippen LogP contribution in [0.25, 0.3) is 10.9 Å². The molecule has 0 aliphatic carbocycles. The van der Waals surface area contributed by atoms with E-state index in [2.05, 4.69) is 20.6 Å². The van der Waals surface area contributed by atoms with Crippen LogP contribution in [0.3, 0.4) is 0 Å². The highest BCUT2D eigenvalue weighted by Crippen LogP contribution is 2.30. The smallest absolute Gasteiger partial charge is 0.317 e. The summed E-state index contributed by atoms with van der Waals surface area (Å²) in [5.41, 5.74) is 1.20. The van der Waals surface area contributed by atoms with Gasteiger partial charge >= 0.3 is 6.03 Å². The van der Waals surface area contributed by atoms with Crippen molar-refractivity contribution in [3.05, 3.63) is 42.1 Å².